The van der Waals surface area contributed by atoms with Gasteiger partial charge in [0.1, 0.15) is 5.82 Å². The molecule has 1 N–H and O–H groups in total. The third-order valence-corrected chi connectivity index (χ3v) is 4.86. The summed E-state index contributed by atoms with van der Waals surface area (Å²) in [6, 6.07) is 7.37. The molecule has 1 unspecified atom stereocenters. The van der Waals surface area contributed by atoms with Crippen LogP contribution in [0.15, 0.2) is 24.3 Å². The van der Waals surface area contributed by atoms with E-state index in [9.17, 15) is 4.39 Å². The van der Waals surface area contributed by atoms with Gasteiger partial charge < -0.3 is 5.32 Å². The first-order valence-corrected chi connectivity index (χ1v) is 7.39. The number of thiophene rings is 1. The first-order valence-electron chi connectivity index (χ1n) is 6.19. The predicted octanol–water partition coefficient (Wildman–Crippen LogP) is 4.66. The van der Waals surface area contributed by atoms with Crippen molar-refractivity contribution >= 4 is 22.9 Å². The van der Waals surface area contributed by atoms with Crippen molar-refractivity contribution in [1.29, 1.82) is 0 Å². The highest BCUT2D eigenvalue weighted by Gasteiger charge is 2.14. The van der Waals surface area contributed by atoms with E-state index < -0.39 is 0 Å². The van der Waals surface area contributed by atoms with E-state index in [1.807, 2.05) is 7.05 Å². The molecule has 0 radical (unpaired) electrons. The molecule has 1 aromatic heterocycles. The zero-order chi connectivity index (χ0) is 14.0. The number of hydrogen-bond donors (Lipinski definition) is 1. The SMILES string of the molecule is CNC(Cc1ccc(F)c(Cl)c1)c1cc(C)c(C)s1. The molecular weight excluding hydrogens is 281 g/mol. The van der Waals surface area contributed by atoms with Crippen molar-refractivity contribution < 1.29 is 4.39 Å². The molecule has 0 aliphatic rings. The van der Waals surface area contributed by atoms with Gasteiger partial charge in [0.25, 0.3) is 0 Å². The number of aryl methyl sites for hydroxylation is 2. The van der Waals surface area contributed by atoms with Crippen molar-refractivity contribution in [1.82, 2.24) is 5.32 Å². The minimum atomic E-state index is -0.366. The van der Waals surface area contributed by atoms with Gasteiger partial charge in [0.05, 0.1) is 5.02 Å². The van der Waals surface area contributed by atoms with Crippen LogP contribution < -0.4 is 5.32 Å². The van der Waals surface area contributed by atoms with Crippen molar-refractivity contribution in [3.8, 4) is 0 Å². The summed E-state index contributed by atoms with van der Waals surface area (Å²) in [6.07, 6.45) is 0.801. The summed E-state index contributed by atoms with van der Waals surface area (Å²) in [5, 5.41) is 3.50. The highest BCUT2D eigenvalue weighted by Crippen LogP contribution is 2.29. The number of rotatable bonds is 4. The fraction of sp³-hybridized carbons (Fsp3) is 0.333. The number of halogens is 2. The Morgan fingerprint density at radius 1 is 1.32 bits per heavy atom. The van der Waals surface area contributed by atoms with Crippen LogP contribution in [0.5, 0.6) is 0 Å². The van der Waals surface area contributed by atoms with Crippen molar-refractivity contribution in [3.05, 3.63) is 56.0 Å². The van der Waals surface area contributed by atoms with E-state index >= 15 is 0 Å². The molecule has 0 aliphatic carbocycles. The number of nitrogens with one attached hydrogen (secondary N) is 1. The Morgan fingerprint density at radius 3 is 2.58 bits per heavy atom. The summed E-state index contributed by atoms with van der Waals surface area (Å²) in [5.74, 6) is -0.366. The van der Waals surface area contributed by atoms with E-state index in [-0.39, 0.29) is 16.9 Å². The maximum atomic E-state index is 13.2. The third-order valence-electron chi connectivity index (χ3n) is 3.30. The van der Waals surface area contributed by atoms with Gasteiger partial charge in [-0.25, -0.2) is 4.39 Å². The van der Waals surface area contributed by atoms with Crippen molar-refractivity contribution in [2.24, 2.45) is 0 Å². The van der Waals surface area contributed by atoms with Gasteiger partial charge >= 0.3 is 0 Å². The van der Waals surface area contributed by atoms with Gasteiger partial charge in [-0.15, -0.1) is 11.3 Å². The van der Waals surface area contributed by atoms with Crippen LogP contribution in [0, 0.1) is 19.7 Å². The molecule has 0 spiro atoms. The highest BCUT2D eigenvalue weighted by molar-refractivity contribution is 7.12. The summed E-state index contributed by atoms with van der Waals surface area (Å²) in [5.41, 5.74) is 2.35. The lowest BCUT2D eigenvalue weighted by molar-refractivity contribution is 0.598. The first-order chi connectivity index (χ1) is 9.01. The van der Waals surface area contributed by atoms with Crippen LogP contribution in [0.2, 0.25) is 5.02 Å². The monoisotopic (exact) mass is 297 g/mol. The summed E-state index contributed by atoms with van der Waals surface area (Å²) in [6.45, 7) is 4.25. The smallest absolute Gasteiger partial charge is 0.141 e. The lowest BCUT2D eigenvalue weighted by atomic mass is 10.0. The summed E-state index contributed by atoms with van der Waals surface area (Å²) >= 11 is 7.63. The third kappa shape index (κ3) is 3.35. The molecule has 2 aromatic rings. The standard InChI is InChI=1S/C15H17ClFNS/c1-9-6-15(19-10(9)2)14(18-3)8-11-4-5-13(17)12(16)7-11/h4-7,14,18H,8H2,1-3H3. The molecule has 0 amide bonds. The minimum absolute atomic E-state index is 0.186. The Hall–Kier alpha value is -0.900. The van der Waals surface area contributed by atoms with Crippen molar-refractivity contribution in [2.75, 3.05) is 7.05 Å². The van der Waals surface area contributed by atoms with Gasteiger partial charge in [0, 0.05) is 15.8 Å². The lowest BCUT2D eigenvalue weighted by Gasteiger charge is -2.15. The predicted molar refractivity (Wildman–Crippen MR) is 80.7 cm³/mol. The average molecular weight is 298 g/mol. The number of likely N-dealkylation sites (N-methyl/N-ethyl adjacent to an activating group) is 1. The fourth-order valence-corrected chi connectivity index (χ4v) is 3.38. The zero-order valence-corrected chi connectivity index (χ0v) is 12.8. The molecule has 1 heterocycles. The second-order valence-electron chi connectivity index (χ2n) is 4.68. The maximum absolute atomic E-state index is 13.2. The summed E-state index contributed by atoms with van der Waals surface area (Å²) in [4.78, 5) is 2.64. The molecule has 4 heteroatoms. The molecule has 1 nitrogen and oxygen atoms in total. The Balaban J connectivity index is 2.21. The van der Waals surface area contributed by atoms with Gasteiger partial charge in [-0.1, -0.05) is 17.7 Å². The van der Waals surface area contributed by atoms with E-state index in [0.717, 1.165) is 12.0 Å². The van der Waals surface area contributed by atoms with E-state index in [1.165, 1.54) is 21.4 Å². The second-order valence-corrected chi connectivity index (χ2v) is 6.38. The fourth-order valence-electron chi connectivity index (χ4n) is 2.02. The Labute approximate surface area is 122 Å². The number of benzene rings is 1. The topological polar surface area (TPSA) is 12.0 Å². The quantitative estimate of drug-likeness (QED) is 0.865. The molecule has 0 bridgehead atoms. The van der Waals surface area contributed by atoms with Crippen molar-refractivity contribution in [2.45, 2.75) is 26.3 Å². The summed E-state index contributed by atoms with van der Waals surface area (Å²) in [7, 11) is 1.94. The molecule has 0 saturated carbocycles. The van der Waals surface area contributed by atoms with Gasteiger partial charge in [0.15, 0.2) is 0 Å². The van der Waals surface area contributed by atoms with Gasteiger partial charge in [-0.2, -0.15) is 0 Å². The van der Waals surface area contributed by atoms with Crippen LogP contribution in [0.4, 0.5) is 4.39 Å². The lowest BCUT2D eigenvalue weighted by Crippen LogP contribution is -2.17. The molecule has 1 atom stereocenters. The van der Waals surface area contributed by atoms with Crippen LogP contribution in [0.25, 0.3) is 0 Å². The largest absolute Gasteiger partial charge is 0.312 e. The molecule has 0 fully saturated rings. The first kappa shape index (κ1) is 14.5. The van der Waals surface area contributed by atoms with Gasteiger partial charge in [0.2, 0.25) is 0 Å². The molecule has 102 valence electrons. The molecule has 2 rings (SSSR count). The highest BCUT2D eigenvalue weighted by atomic mass is 35.5. The van der Waals surface area contributed by atoms with Crippen LogP contribution in [0.3, 0.4) is 0 Å². The molecule has 19 heavy (non-hydrogen) atoms. The van der Waals surface area contributed by atoms with E-state index in [4.69, 9.17) is 11.6 Å². The normalized spacial score (nSPS) is 12.7. The summed E-state index contributed by atoms with van der Waals surface area (Å²) < 4.78 is 13.2. The van der Waals surface area contributed by atoms with Crippen LogP contribution in [-0.4, -0.2) is 7.05 Å². The van der Waals surface area contributed by atoms with E-state index in [1.54, 1.807) is 23.5 Å². The maximum Gasteiger partial charge on any atom is 0.141 e. The van der Waals surface area contributed by atoms with Crippen LogP contribution in [-0.2, 0) is 6.42 Å². The zero-order valence-electron chi connectivity index (χ0n) is 11.3. The van der Waals surface area contributed by atoms with Crippen LogP contribution in [0.1, 0.15) is 26.9 Å². The minimum Gasteiger partial charge on any atom is -0.312 e. The molecule has 0 aliphatic heterocycles. The molecular formula is C15H17ClFNS. The Morgan fingerprint density at radius 2 is 2.05 bits per heavy atom. The Bertz CT molecular complexity index is 560. The van der Waals surface area contributed by atoms with E-state index in [2.05, 4.69) is 25.2 Å². The average Bonchev–Trinajstić information content (AvgIpc) is 2.71. The molecule has 0 saturated heterocycles. The van der Waals surface area contributed by atoms with Gasteiger partial charge in [-0.05, 0) is 56.6 Å². The van der Waals surface area contributed by atoms with Crippen molar-refractivity contribution in [3.63, 3.8) is 0 Å². The second kappa shape index (κ2) is 6.04. The Kier molecular flexibility index (Phi) is 4.61. The molecule has 1 aromatic carbocycles. The van der Waals surface area contributed by atoms with E-state index in [0.29, 0.717) is 0 Å². The van der Waals surface area contributed by atoms with Crippen LogP contribution >= 0.6 is 22.9 Å². The number of hydrogen-bond acceptors (Lipinski definition) is 2. The van der Waals surface area contributed by atoms with Gasteiger partial charge in [-0.3, -0.25) is 0 Å².